The molecule has 0 saturated heterocycles. The number of aryl methyl sites for hydroxylation is 1. The summed E-state index contributed by atoms with van der Waals surface area (Å²) in [5, 5.41) is 17.2. The monoisotopic (exact) mass is 361 g/mol. The van der Waals surface area contributed by atoms with Crippen LogP contribution in [0.4, 0.5) is 17.1 Å². The van der Waals surface area contributed by atoms with Gasteiger partial charge in [-0.2, -0.15) is 0 Å². The number of benzene rings is 3. The quantitative estimate of drug-likeness (QED) is 0.492. The smallest absolute Gasteiger partial charge is 0.293 e. The van der Waals surface area contributed by atoms with Crippen LogP contribution in [0, 0.1) is 17.0 Å². The zero-order chi connectivity index (χ0) is 19.2. The van der Waals surface area contributed by atoms with Gasteiger partial charge >= 0.3 is 0 Å². The molecule has 136 valence electrons. The molecule has 1 amide bonds. The topological polar surface area (TPSA) is 84.3 Å². The van der Waals surface area contributed by atoms with Gasteiger partial charge in [0.2, 0.25) is 0 Å². The van der Waals surface area contributed by atoms with E-state index >= 15 is 0 Å². The third-order valence-corrected chi connectivity index (χ3v) is 4.09. The fourth-order valence-corrected chi connectivity index (χ4v) is 2.75. The van der Waals surface area contributed by atoms with Gasteiger partial charge in [0.05, 0.1) is 4.92 Å². The molecule has 1 unspecified atom stereocenters. The Morgan fingerprint density at radius 1 is 0.963 bits per heavy atom. The van der Waals surface area contributed by atoms with E-state index in [9.17, 15) is 14.9 Å². The van der Waals surface area contributed by atoms with Crippen molar-refractivity contribution in [2.45, 2.75) is 13.0 Å². The van der Waals surface area contributed by atoms with Crippen LogP contribution in [0.3, 0.4) is 0 Å². The van der Waals surface area contributed by atoms with Crippen molar-refractivity contribution in [3.63, 3.8) is 0 Å². The van der Waals surface area contributed by atoms with Crippen molar-refractivity contribution in [1.29, 1.82) is 0 Å². The van der Waals surface area contributed by atoms with E-state index in [4.69, 9.17) is 0 Å². The number of hydrogen-bond acceptors (Lipinski definition) is 4. The second-order valence-electron chi connectivity index (χ2n) is 6.12. The standard InChI is InChI=1S/C21H19N3O3/c1-15-12-13-18(19(14-15)24(26)27)23-21(25)20(16-8-4-2-5-9-16)22-17-10-6-3-7-11-17/h2-14,20,22H,1H3,(H,23,25). The molecule has 27 heavy (non-hydrogen) atoms. The Morgan fingerprint density at radius 2 is 1.59 bits per heavy atom. The van der Waals surface area contributed by atoms with E-state index in [0.29, 0.717) is 0 Å². The van der Waals surface area contributed by atoms with Crippen molar-refractivity contribution < 1.29 is 9.72 Å². The molecule has 0 heterocycles. The first-order chi connectivity index (χ1) is 13.0. The number of nitrogens with zero attached hydrogens (tertiary/aromatic N) is 1. The number of carbonyl (C=O) groups excluding carboxylic acids is 1. The van der Waals surface area contributed by atoms with E-state index < -0.39 is 11.0 Å². The Bertz CT molecular complexity index is 943. The number of anilines is 2. The van der Waals surface area contributed by atoms with Gasteiger partial charge in [-0.15, -0.1) is 0 Å². The van der Waals surface area contributed by atoms with Gasteiger partial charge in [0.15, 0.2) is 0 Å². The van der Waals surface area contributed by atoms with Crippen LogP contribution in [-0.2, 0) is 4.79 Å². The van der Waals surface area contributed by atoms with Gasteiger partial charge in [0.25, 0.3) is 11.6 Å². The van der Waals surface area contributed by atoms with E-state index in [1.54, 1.807) is 19.1 Å². The predicted octanol–water partition coefficient (Wildman–Crippen LogP) is 4.70. The van der Waals surface area contributed by atoms with Crippen LogP contribution in [-0.4, -0.2) is 10.8 Å². The highest BCUT2D eigenvalue weighted by atomic mass is 16.6. The van der Waals surface area contributed by atoms with Gasteiger partial charge < -0.3 is 10.6 Å². The molecule has 3 rings (SSSR count). The Kier molecular flexibility index (Phi) is 5.47. The molecule has 3 aromatic carbocycles. The average Bonchev–Trinajstić information content (AvgIpc) is 2.68. The zero-order valence-corrected chi connectivity index (χ0v) is 14.8. The fourth-order valence-electron chi connectivity index (χ4n) is 2.75. The molecule has 0 aliphatic carbocycles. The highest BCUT2D eigenvalue weighted by molar-refractivity contribution is 5.99. The number of rotatable bonds is 6. The van der Waals surface area contributed by atoms with Gasteiger partial charge in [0.1, 0.15) is 11.7 Å². The third-order valence-electron chi connectivity index (χ3n) is 4.09. The minimum absolute atomic E-state index is 0.130. The number of hydrogen-bond donors (Lipinski definition) is 2. The fraction of sp³-hybridized carbons (Fsp3) is 0.0952. The normalized spacial score (nSPS) is 11.4. The maximum Gasteiger partial charge on any atom is 0.293 e. The zero-order valence-electron chi connectivity index (χ0n) is 14.8. The second-order valence-corrected chi connectivity index (χ2v) is 6.12. The third kappa shape index (κ3) is 4.49. The summed E-state index contributed by atoms with van der Waals surface area (Å²) in [4.78, 5) is 23.8. The van der Waals surface area contributed by atoms with Gasteiger partial charge in [-0.3, -0.25) is 14.9 Å². The highest BCUT2D eigenvalue weighted by Crippen LogP contribution is 2.28. The van der Waals surface area contributed by atoms with Gasteiger partial charge in [-0.05, 0) is 36.2 Å². The van der Waals surface area contributed by atoms with E-state index in [-0.39, 0.29) is 17.3 Å². The molecule has 0 fully saturated rings. The van der Waals surface area contributed by atoms with E-state index in [0.717, 1.165) is 16.8 Å². The first-order valence-corrected chi connectivity index (χ1v) is 8.47. The van der Waals surface area contributed by atoms with E-state index in [1.807, 2.05) is 60.7 Å². The summed E-state index contributed by atoms with van der Waals surface area (Å²) in [6, 6.07) is 22.6. The summed E-state index contributed by atoms with van der Waals surface area (Å²) in [7, 11) is 0. The van der Waals surface area contributed by atoms with Crippen molar-refractivity contribution >= 4 is 23.0 Å². The van der Waals surface area contributed by atoms with E-state index in [2.05, 4.69) is 10.6 Å². The maximum atomic E-state index is 13.0. The Morgan fingerprint density at radius 3 is 2.22 bits per heavy atom. The van der Waals surface area contributed by atoms with Crippen LogP contribution >= 0.6 is 0 Å². The van der Waals surface area contributed by atoms with Gasteiger partial charge in [0, 0.05) is 11.8 Å². The molecule has 0 spiro atoms. The summed E-state index contributed by atoms with van der Waals surface area (Å²) in [6.07, 6.45) is 0. The van der Waals surface area contributed by atoms with Crippen LogP contribution in [0.25, 0.3) is 0 Å². The molecule has 6 nitrogen and oxygen atoms in total. The van der Waals surface area contributed by atoms with Crippen molar-refractivity contribution in [3.05, 3.63) is 100 Å². The molecule has 6 heteroatoms. The molecule has 3 aromatic rings. The molecule has 0 saturated carbocycles. The number of amides is 1. The Hall–Kier alpha value is -3.67. The van der Waals surface area contributed by atoms with Crippen LogP contribution < -0.4 is 10.6 Å². The molecule has 0 radical (unpaired) electrons. The number of carbonyl (C=O) groups is 1. The SMILES string of the molecule is Cc1ccc(NC(=O)C(Nc2ccccc2)c2ccccc2)c([N+](=O)[O-])c1. The van der Waals surface area contributed by atoms with Crippen LogP contribution in [0.5, 0.6) is 0 Å². The van der Waals surface area contributed by atoms with Crippen molar-refractivity contribution in [1.82, 2.24) is 0 Å². The molecule has 1 atom stereocenters. The minimum Gasteiger partial charge on any atom is -0.370 e. The maximum absolute atomic E-state index is 13.0. The number of nitro groups is 1. The largest absolute Gasteiger partial charge is 0.370 e. The predicted molar refractivity (Wildman–Crippen MR) is 106 cm³/mol. The van der Waals surface area contributed by atoms with Crippen molar-refractivity contribution in [2.24, 2.45) is 0 Å². The lowest BCUT2D eigenvalue weighted by Gasteiger charge is -2.20. The molecule has 0 bridgehead atoms. The van der Waals surface area contributed by atoms with Crippen LogP contribution in [0.2, 0.25) is 0 Å². The van der Waals surface area contributed by atoms with Crippen LogP contribution in [0.15, 0.2) is 78.9 Å². The first-order valence-electron chi connectivity index (χ1n) is 8.47. The minimum atomic E-state index is -0.700. The number of nitrogens with one attached hydrogen (secondary N) is 2. The highest BCUT2D eigenvalue weighted by Gasteiger charge is 2.23. The van der Waals surface area contributed by atoms with Gasteiger partial charge in [-0.1, -0.05) is 54.6 Å². The molecular weight excluding hydrogens is 342 g/mol. The number of para-hydroxylation sites is 1. The molecule has 2 N–H and O–H groups in total. The Balaban J connectivity index is 1.91. The average molecular weight is 361 g/mol. The molecule has 0 aliphatic heterocycles. The number of nitro benzene ring substituents is 1. The van der Waals surface area contributed by atoms with Gasteiger partial charge in [-0.25, -0.2) is 0 Å². The molecule has 0 aromatic heterocycles. The molecule has 0 aliphatic rings. The second kappa shape index (κ2) is 8.14. The summed E-state index contributed by atoms with van der Waals surface area (Å²) in [5.41, 5.74) is 2.33. The molecular formula is C21H19N3O3. The lowest BCUT2D eigenvalue weighted by molar-refractivity contribution is -0.384. The lowest BCUT2D eigenvalue weighted by atomic mass is 10.1. The summed E-state index contributed by atoms with van der Waals surface area (Å²) >= 11 is 0. The van der Waals surface area contributed by atoms with Crippen molar-refractivity contribution in [3.8, 4) is 0 Å². The summed E-state index contributed by atoms with van der Waals surface area (Å²) in [5.74, 6) is -0.378. The summed E-state index contributed by atoms with van der Waals surface area (Å²) in [6.45, 7) is 1.77. The Labute approximate surface area is 157 Å². The van der Waals surface area contributed by atoms with Crippen LogP contribution in [0.1, 0.15) is 17.2 Å². The summed E-state index contributed by atoms with van der Waals surface area (Å²) < 4.78 is 0. The first kappa shape index (κ1) is 18.1. The van der Waals surface area contributed by atoms with Crippen molar-refractivity contribution in [2.75, 3.05) is 10.6 Å². The lowest BCUT2D eigenvalue weighted by Crippen LogP contribution is -2.27. The van der Waals surface area contributed by atoms with E-state index in [1.165, 1.54) is 6.07 Å².